The van der Waals surface area contributed by atoms with Gasteiger partial charge < -0.3 is 26.5 Å². The van der Waals surface area contributed by atoms with Crippen LogP contribution in [-0.4, -0.2) is 39.7 Å². The van der Waals surface area contributed by atoms with Gasteiger partial charge in [0.15, 0.2) is 5.88 Å². The number of amides is 1. The summed E-state index contributed by atoms with van der Waals surface area (Å²) in [7, 11) is 0. The molecule has 8 nitrogen and oxygen atoms in total. The number of nitrogens with two attached hydrogens (primary N) is 2. The summed E-state index contributed by atoms with van der Waals surface area (Å²) in [5.74, 6) is -0.698. The Morgan fingerprint density at radius 3 is 2.93 bits per heavy atom. The first-order chi connectivity index (χ1) is 12.8. The van der Waals surface area contributed by atoms with Crippen LogP contribution in [-0.2, 0) is 4.79 Å². The van der Waals surface area contributed by atoms with Crippen LogP contribution in [0.5, 0.6) is 5.88 Å². The van der Waals surface area contributed by atoms with Gasteiger partial charge in [0.1, 0.15) is 11.9 Å². The average Bonchev–Trinajstić information content (AvgIpc) is 2.90. The third-order valence-electron chi connectivity index (χ3n) is 4.87. The minimum atomic E-state index is -1.05. The van der Waals surface area contributed by atoms with Gasteiger partial charge in [-0.2, -0.15) is 4.74 Å². The van der Waals surface area contributed by atoms with Crippen LogP contribution in [0.1, 0.15) is 30.3 Å². The Bertz CT molecular complexity index is 879. The third-order valence-corrected chi connectivity index (χ3v) is 4.87. The van der Waals surface area contributed by atoms with E-state index in [1.54, 1.807) is 22.8 Å². The molecule has 2 atom stereocenters. The van der Waals surface area contributed by atoms with Crippen LogP contribution in [0.4, 0.5) is 0 Å². The van der Waals surface area contributed by atoms with Crippen molar-refractivity contribution in [2.45, 2.75) is 26.0 Å². The van der Waals surface area contributed by atoms with Crippen LogP contribution in [0.3, 0.4) is 0 Å². The number of allylic oxidation sites excluding steroid dienone is 2. The van der Waals surface area contributed by atoms with E-state index in [1.807, 2.05) is 6.92 Å². The Morgan fingerprint density at radius 2 is 2.26 bits per heavy atom. The fraction of sp³-hybridized carbons (Fsp3) is 0.368. The normalized spacial score (nSPS) is 21.2. The second-order valence-corrected chi connectivity index (χ2v) is 6.72. The Balaban J connectivity index is 2.01. The van der Waals surface area contributed by atoms with Crippen LogP contribution >= 0.6 is 0 Å². The SMILES string of the molecule is C=C(C(N)=O)C1=CC=C2C(C1)C(O)n1c(cc(C)c1OCCCN)C=[N+]2[O-]. The van der Waals surface area contributed by atoms with Crippen molar-refractivity contribution < 1.29 is 19.4 Å². The number of aromatic nitrogens is 1. The summed E-state index contributed by atoms with van der Waals surface area (Å²) in [5.41, 5.74) is 13.4. The molecule has 0 saturated heterocycles. The van der Waals surface area contributed by atoms with Gasteiger partial charge in [-0.25, -0.2) is 0 Å². The summed E-state index contributed by atoms with van der Waals surface area (Å²) in [6.45, 7) is 6.46. The monoisotopic (exact) mass is 372 g/mol. The molecule has 2 unspecified atom stereocenters. The van der Waals surface area contributed by atoms with E-state index in [2.05, 4.69) is 6.58 Å². The first-order valence-corrected chi connectivity index (χ1v) is 8.79. The van der Waals surface area contributed by atoms with Gasteiger partial charge in [-0.05, 0) is 37.9 Å². The number of carbonyl (C=O) groups is 1. The molecular formula is C19H24N4O4. The van der Waals surface area contributed by atoms with Crippen molar-refractivity contribution in [2.24, 2.45) is 17.4 Å². The van der Waals surface area contributed by atoms with Gasteiger partial charge in [0, 0.05) is 17.2 Å². The number of carbonyl (C=O) groups excluding carboxylic acids is 1. The molecule has 1 aliphatic carbocycles. The van der Waals surface area contributed by atoms with E-state index in [0.29, 0.717) is 42.4 Å². The number of hydrogen-bond acceptors (Lipinski definition) is 5. The van der Waals surface area contributed by atoms with Crippen molar-refractivity contribution in [3.8, 4) is 5.88 Å². The molecular weight excluding hydrogens is 348 g/mol. The smallest absolute Gasteiger partial charge is 0.248 e. The summed E-state index contributed by atoms with van der Waals surface area (Å²) in [6, 6.07) is 1.79. The molecule has 8 heteroatoms. The molecule has 0 saturated carbocycles. The summed E-state index contributed by atoms with van der Waals surface area (Å²) < 4.78 is 8.18. The van der Waals surface area contributed by atoms with Crippen LogP contribution in [0, 0.1) is 18.0 Å². The van der Waals surface area contributed by atoms with Crippen LogP contribution in [0.15, 0.2) is 41.6 Å². The quantitative estimate of drug-likeness (QED) is 0.295. The number of primary amides is 1. The molecule has 1 amide bonds. The number of rotatable bonds is 6. The van der Waals surface area contributed by atoms with Gasteiger partial charge >= 0.3 is 0 Å². The fourth-order valence-corrected chi connectivity index (χ4v) is 3.44. The highest BCUT2D eigenvalue weighted by atomic mass is 16.5. The molecule has 27 heavy (non-hydrogen) atoms. The zero-order valence-corrected chi connectivity index (χ0v) is 15.2. The predicted molar refractivity (Wildman–Crippen MR) is 101 cm³/mol. The first-order valence-electron chi connectivity index (χ1n) is 8.79. The van der Waals surface area contributed by atoms with Gasteiger partial charge in [-0.15, -0.1) is 0 Å². The molecule has 1 aliphatic heterocycles. The number of aliphatic hydroxyl groups excluding tert-OH is 1. The molecule has 2 heterocycles. The van der Waals surface area contributed by atoms with Crippen molar-refractivity contribution in [2.75, 3.05) is 13.2 Å². The molecule has 0 fully saturated rings. The maximum absolute atomic E-state index is 12.6. The van der Waals surface area contributed by atoms with Crippen molar-refractivity contribution in [3.05, 3.63) is 58.1 Å². The highest BCUT2D eigenvalue weighted by Gasteiger charge is 2.39. The summed E-state index contributed by atoms with van der Waals surface area (Å²) in [5, 5.41) is 23.7. The third kappa shape index (κ3) is 3.41. The van der Waals surface area contributed by atoms with Gasteiger partial charge in [0.2, 0.25) is 17.8 Å². The van der Waals surface area contributed by atoms with Gasteiger partial charge in [-0.3, -0.25) is 9.36 Å². The minimum absolute atomic E-state index is 0.173. The zero-order chi connectivity index (χ0) is 19.7. The van der Waals surface area contributed by atoms with E-state index in [0.717, 1.165) is 10.3 Å². The van der Waals surface area contributed by atoms with Crippen molar-refractivity contribution in [1.82, 2.24) is 4.57 Å². The van der Waals surface area contributed by atoms with E-state index in [4.69, 9.17) is 16.2 Å². The zero-order valence-electron chi connectivity index (χ0n) is 15.2. The summed E-state index contributed by atoms with van der Waals surface area (Å²) in [4.78, 5) is 11.5. The molecule has 0 radical (unpaired) electrons. The lowest BCUT2D eigenvalue weighted by Gasteiger charge is -2.27. The van der Waals surface area contributed by atoms with Gasteiger partial charge in [0.25, 0.3) is 0 Å². The van der Waals surface area contributed by atoms with E-state index in [9.17, 15) is 15.1 Å². The highest BCUT2D eigenvalue weighted by molar-refractivity contribution is 5.96. The number of nitrogens with zero attached hydrogens (tertiary/aromatic N) is 2. The van der Waals surface area contributed by atoms with Gasteiger partial charge in [-0.1, -0.05) is 12.7 Å². The van der Waals surface area contributed by atoms with Crippen LogP contribution < -0.4 is 16.2 Å². The fourth-order valence-electron chi connectivity index (χ4n) is 3.44. The molecule has 2 aliphatic rings. The Morgan fingerprint density at radius 1 is 1.52 bits per heavy atom. The van der Waals surface area contributed by atoms with Crippen LogP contribution in [0.25, 0.3) is 0 Å². The predicted octanol–water partition coefficient (Wildman–Crippen LogP) is 0.830. The van der Waals surface area contributed by atoms with Crippen molar-refractivity contribution in [1.29, 1.82) is 0 Å². The molecule has 3 rings (SSSR count). The molecule has 0 bridgehead atoms. The Kier molecular flexibility index (Phi) is 5.20. The number of hydrogen-bond donors (Lipinski definition) is 3. The Hall–Kier alpha value is -2.84. The molecule has 0 aromatic carbocycles. The number of fused-ring (bicyclic) bond motifs is 2. The van der Waals surface area contributed by atoms with E-state index >= 15 is 0 Å². The lowest BCUT2D eigenvalue weighted by atomic mass is 9.86. The maximum atomic E-state index is 12.6. The standard InChI is InChI=1S/C19H24N4O4/c1-11-8-14-10-22(26)16-5-4-13(12(2)17(21)24)9-15(16)18(25)23(14)19(11)27-7-3-6-20/h4-5,8,10,15,18,25H,2-3,6-7,9,20H2,1H3,(H2,21,24). The Labute approximate surface area is 157 Å². The summed E-state index contributed by atoms with van der Waals surface area (Å²) >= 11 is 0. The van der Waals surface area contributed by atoms with E-state index in [-0.39, 0.29) is 12.0 Å². The topological polar surface area (TPSA) is 130 Å². The van der Waals surface area contributed by atoms with Crippen molar-refractivity contribution in [3.63, 3.8) is 0 Å². The lowest BCUT2D eigenvalue weighted by Crippen LogP contribution is -2.27. The maximum Gasteiger partial charge on any atom is 0.248 e. The average molecular weight is 372 g/mol. The number of aliphatic hydroxyl groups is 1. The second kappa shape index (κ2) is 7.42. The lowest BCUT2D eigenvalue weighted by molar-refractivity contribution is -0.407. The molecule has 1 aromatic rings. The molecule has 1 aromatic heterocycles. The number of hydroxylamine groups is 1. The van der Waals surface area contributed by atoms with E-state index in [1.165, 1.54) is 6.21 Å². The number of ether oxygens (including phenoxy) is 1. The summed E-state index contributed by atoms with van der Waals surface area (Å²) in [6.07, 6.45) is 4.55. The highest BCUT2D eigenvalue weighted by Crippen LogP contribution is 2.40. The molecule has 144 valence electrons. The largest absolute Gasteiger partial charge is 0.618 e. The second-order valence-electron chi connectivity index (χ2n) is 6.72. The first kappa shape index (κ1) is 18.9. The number of aryl methyl sites for hydroxylation is 1. The molecule has 0 spiro atoms. The van der Waals surface area contributed by atoms with Crippen LogP contribution in [0.2, 0.25) is 0 Å². The van der Waals surface area contributed by atoms with Gasteiger partial charge in [0.05, 0.1) is 12.5 Å². The molecule has 5 N–H and O–H groups in total. The van der Waals surface area contributed by atoms with Crippen molar-refractivity contribution >= 4 is 12.1 Å². The van der Waals surface area contributed by atoms with E-state index < -0.39 is 18.1 Å². The minimum Gasteiger partial charge on any atom is -0.618 e.